The molecule has 0 amide bonds. The predicted molar refractivity (Wildman–Crippen MR) is 41.0 cm³/mol. The van der Waals surface area contributed by atoms with Crippen molar-refractivity contribution in [2.24, 2.45) is 11.7 Å². The van der Waals surface area contributed by atoms with E-state index in [9.17, 15) is 4.79 Å². The average Bonchev–Trinajstić information content (AvgIpc) is 1.94. The van der Waals surface area contributed by atoms with Gasteiger partial charge >= 0.3 is 5.97 Å². The van der Waals surface area contributed by atoms with E-state index in [4.69, 9.17) is 10.8 Å². The lowest BCUT2D eigenvalue weighted by atomic mass is 9.95. The molecule has 4 nitrogen and oxygen atoms in total. The Balaban J connectivity index is 2.46. The number of carboxylic acids is 1. The molecule has 0 aromatic heterocycles. The second-order valence-corrected chi connectivity index (χ2v) is 3.11. The quantitative estimate of drug-likeness (QED) is 0.549. The fraction of sp³-hybridized carbons (Fsp3) is 0.857. The van der Waals surface area contributed by atoms with Crippen molar-refractivity contribution in [3.05, 3.63) is 0 Å². The first-order chi connectivity index (χ1) is 5.11. The Morgan fingerprint density at radius 2 is 2.36 bits per heavy atom. The normalized spacial score (nSPS) is 33.6. The number of piperidine rings is 1. The van der Waals surface area contributed by atoms with Crippen LogP contribution < -0.4 is 5.73 Å². The molecule has 2 atom stereocenters. The Bertz CT molecular complexity index is 161. The minimum atomic E-state index is -0.714. The molecule has 0 aliphatic carbocycles. The number of likely N-dealkylation sites (tertiary alicyclic amines) is 1. The summed E-state index contributed by atoms with van der Waals surface area (Å²) < 4.78 is 0. The van der Waals surface area contributed by atoms with Crippen molar-refractivity contribution in [2.45, 2.75) is 19.0 Å². The maximum absolute atomic E-state index is 10.5. The molecule has 4 heteroatoms. The second kappa shape index (κ2) is 3.19. The molecule has 2 unspecified atom stereocenters. The molecule has 11 heavy (non-hydrogen) atoms. The highest BCUT2D eigenvalue weighted by molar-refractivity contribution is 5.70. The minimum absolute atomic E-state index is 0.0788. The highest BCUT2D eigenvalue weighted by Gasteiger charge is 2.27. The summed E-state index contributed by atoms with van der Waals surface area (Å²) in [5, 5.41) is 8.67. The number of nitrogens with zero attached hydrogens (tertiary/aromatic N) is 1. The van der Waals surface area contributed by atoms with Crippen LogP contribution >= 0.6 is 0 Å². The van der Waals surface area contributed by atoms with Crippen LogP contribution in [-0.4, -0.2) is 35.7 Å². The number of nitrogens with two attached hydrogens (primary N) is 1. The molecule has 1 fully saturated rings. The summed E-state index contributed by atoms with van der Waals surface area (Å²) in [5.41, 5.74) is 5.67. The standard InChI is InChI=1S/C7H14N2O2/c1-9-3-2-5(7(10)11)4-6(9)8/h5-6H,2-4,8H2,1H3,(H,10,11). The van der Waals surface area contributed by atoms with Crippen LogP contribution in [0.5, 0.6) is 0 Å². The average molecular weight is 158 g/mol. The number of carboxylic acid groups (broad SMARTS) is 1. The Kier molecular flexibility index (Phi) is 2.46. The van der Waals surface area contributed by atoms with E-state index in [0.29, 0.717) is 6.42 Å². The van der Waals surface area contributed by atoms with Gasteiger partial charge < -0.3 is 10.8 Å². The summed E-state index contributed by atoms with van der Waals surface area (Å²) >= 11 is 0. The van der Waals surface area contributed by atoms with Gasteiger partial charge in [-0.1, -0.05) is 0 Å². The van der Waals surface area contributed by atoms with Gasteiger partial charge in [0, 0.05) is 6.54 Å². The highest BCUT2D eigenvalue weighted by atomic mass is 16.4. The van der Waals surface area contributed by atoms with Crippen LogP contribution in [0.3, 0.4) is 0 Å². The molecular weight excluding hydrogens is 144 g/mol. The Labute approximate surface area is 66.0 Å². The minimum Gasteiger partial charge on any atom is -0.481 e. The molecule has 0 spiro atoms. The lowest BCUT2D eigenvalue weighted by molar-refractivity contribution is -0.143. The van der Waals surface area contributed by atoms with Gasteiger partial charge in [0.15, 0.2) is 0 Å². The molecule has 1 aliphatic heterocycles. The maximum atomic E-state index is 10.5. The number of carbonyl (C=O) groups is 1. The zero-order valence-corrected chi connectivity index (χ0v) is 6.66. The van der Waals surface area contributed by atoms with E-state index in [2.05, 4.69) is 0 Å². The highest BCUT2D eigenvalue weighted by Crippen LogP contribution is 2.18. The molecule has 0 radical (unpaired) electrons. The van der Waals surface area contributed by atoms with Gasteiger partial charge in [0.25, 0.3) is 0 Å². The van der Waals surface area contributed by atoms with Gasteiger partial charge in [0.05, 0.1) is 12.1 Å². The molecule has 1 heterocycles. The van der Waals surface area contributed by atoms with Gasteiger partial charge in [-0.15, -0.1) is 0 Å². The van der Waals surface area contributed by atoms with Crippen molar-refractivity contribution in [1.82, 2.24) is 4.90 Å². The van der Waals surface area contributed by atoms with Crippen molar-refractivity contribution in [2.75, 3.05) is 13.6 Å². The van der Waals surface area contributed by atoms with Gasteiger partial charge in [0.1, 0.15) is 0 Å². The van der Waals surface area contributed by atoms with Crippen molar-refractivity contribution < 1.29 is 9.90 Å². The molecule has 1 saturated heterocycles. The van der Waals surface area contributed by atoms with Gasteiger partial charge in [0.2, 0.25) is 0 Å². The largest absolute Gasteiger partial charge is 0.481 e. The van der Waals surface area contributed by atoms with Gasteiger partial charge in [-0.25, -0.2) is 0 Å². The van der Waals surface area contributed by atoms with E-state index >= 15 is 0 Å². The Morgan fingerprint density at radius 3 is 2.82 bits per heavy atom. The number of rotatable bonds is 1. The zero-order chi connectivity index (χ0) is 8.43. The molecule has 0 aromatic carbocycles. The first-order valence-electron chi connectivity index (χ1n) is 3.80. The van der Waals surface area contributed by atoms with Crippen LogP contribution in [0.2, 0.25) is 0 Å². The first kappa shape index (κ1) is 8.49. The summed E-state index contributed by atoms with van der Waals surface area (Å²) in [5.74, 6) is -0.949. The van der Waals surface area contributed by atoms with E-state index in [1.54, 1.807) is 0 Å². The number of hydrogen-bond donors (Lipinski definition) is 2. The molecule has 1 aliphatic rings. The number of hydrogen-bond acceptors (Lipinski definition) is 3. The lowest BCUT2D eigenvalue weighted by Gasteiger charge is -2.32. The van der Waals surface area contributed by atoms with Crippen LogP contribution in [0, 0.1) is 5.92 Å². The Hall–Kier alpha value is -0.610. The molecule has 1 rings (SSSR count). The summed E-state index contributed by atoms with van der Waals surface area (Å²) in [7, 11) is 1.92. The first-order valence-corrected chi connectivity index (χ1v) is 3.80. The van der Waals surface area contributed by atoms with Gasteiger partial charge in [-0.2, -0.15) is 0 Å². The maximum Gasteiger partial charge on any atom is 0.306 e. The SMILES string of the molecule is CN1CCC(C(=O)O)CC1N. The van der Waals surface area contributed by atoms with Crippen LogP contribution in [0.4, 0.5) is 0 Å². The van der Waals surface area contributed by atoms with Crippen LogP contribution in [0.25, 0.3) is 0 Å². The van der Waals surface area contributed by atoms with Crippen LogP contribution in [0.15, 0.2) is 0 Å². The summed E-state index contributed by atoms with van der Waals surface area (Å²) in [6.07, 6.45) is 1.22. The summed E-state index contributed by atoms with van der Waals surface area (Å²) in [6, 6.07) is 0. The third kappa shape index (κ3) is 1.91. The topological polar surface area (TPSA) is 66.6 Å². The fourth-order valence-electron chi connectivity index (χ4n) is 1.34. The zero-order valence-electron chi connectivity index (χ0n) is 6.66. The smallest absolute Gasteiger partial charge is 0.306 e. The predicted octanol–water partition coefficient (Wildman–Crippen LogP) is -0.302. The molecule has 64 valence electrons. The van der Waals surface area contributed by atoms with Crippen molar-refractivity contribution >= 4 is 5.97 Å². The van der Waals surface area contributed by atoms with E-state index in [-0.39, 0.29) is 12.1 Å². The van der Waals surface area contributed by atoms with Crippen molar-refractivity contribution in [3.63, 3.8) is 0 Å². The van der Waals surface area contributed by atoms with E-state index < -0.39 is 5.97 Å². The Morgan fingerprint density at radius 1 is 1.73 bits per heavy atom. The second-order valence-electron chi connectivity index (χ2n) is 3.11. The van der Waals surface area contributed by atoms with E-state index in [1.807, 2.05) is 11.9 Å². The van der Waals surface area contributed by atoms with Crippen molar-refractivity contribution in [1.29, 1.82) is 0 Å². The molecular formula is C7H14N2O2. The fourth-order valence-corrected chi connectivity index (χ4v) is 1.34. The lowest BCUT2D eigenvalue weighted by Crippen LogP contribution is -2.47. The molecule has 3 N–H and O–H groups in total. The third-order valence-electron chi connectivity index (χ3n) is 2.27. The summed E-state index contributed by atoms with van der Waals surface area (Å²) in [6.45, 7) is 0.790. The van der Waals surface area contributed by atoms with E-state index in [0.717, 1.165) is 13.0 Å². The monoisotopic (exact) mass is 158 g/mol. The molecule has 0 aromatic rings. The third-order valence-corrected chi connectivity index (χ3v) is 2.27. The molecule has 0 saturated carbocycles. The number of aliphatic carboxylic acids is 1. The van der Waals surface area contributed by atoms with E-state index in [1.165, 1.54) is 0 Å². The van der Waals surface area contributed by atoms with Gasteiger partial charge in [-0.3, -0.25) is 9.69 Å². The van der Waals surface area contributed by atoms with Crippen LogP contribution in [-0.2, 0) is 4.79 Å². The summed E-state index contributed by atoms with van der Waals surface area (Å²) in [4.78, 5) is 12.5. The van der Waals surface area contributed by atoms with Crippen LogP contribution in [0.1, 0.15) is 12.8 Å². The van der Waals surface area contributed by atoms with Crippen molar-refractivity contribution in [3.8, 4) is 0 Å². The molecule has 0 bridgehead atoms. The van der Waals surface area contributed by atoms with Gasteiger partial charge in [-0.05, 0) is 19.9 Å².